The zero-order valence-electron chi connectivity index (χ0n) is 11.0. The highest BCUT2D eigenvalue weighted by molar-refractivity contribution is 7.12. The molecule has 0 radical (unpaired) electrons. The minimum absolute atomic E-state index is 0.213. The van der Waals surface area contributed by atoms with Gasteiger partial charge in [-0.3, -0.25) is 0 Å². The lowest BCUT2D eigenvalue weighted by Gasteiger charge is -2.29. The van der Waals surface area contributed by atoms with E-state index < -0.39 is 5.97 Å². The fourth-order valence-corrected chi connectivity index (χ4v) is 4.01. The maximum Gasteiger partial charge on any atom is 0.337 e. The van der Waals surface area contributed by atoms with Gasteiger partial charge in [0.25, 0.3) is 0 Å². The molecular formula is C14H20NO2S-. The van der Waals surface area contributed by atoms with E-state index in [1.807, 2.05) is 0 Å². The van der Waals surface area contributed by atoms with Gasteiger partial charge < -0.3 is 10.8 Å². The average Bonchev–Trinajstić information content (AvgIpc) is 2.62. The zero-order valence-corrected chi connectivity index (χ0v) is 11.8. The van der Waals surface area contributed by atoms with Crippen molar-refractivity contribution in [2.75, 3.05) is 6.54 Å². The molecule has 1 aliphatic carbocycles. The van der Waals surface area contributed by atoms with Crippen molar-refractivity contribution in [3.05, 3.63) is 26.6 Å². The van der Waals surface area contributed by atoms with Gasteiger partial charge in [0.1, 0.15) is 0 Å². The van der Waals surface area contributed by atoms with Crippen LogP contribution >= 0.6 is 11.3 Å². The molecular weight excluding hydrogens is 246 g/mol. The molecule has 0 aliphatic heterocycles. The quantitative estimate of drug-likeness (QED) is 0.897. The van der Waals surface area contributed by atoms with Gasteiger partial charge in [-0.05, 0) is 36.7 Å². The van der Waals surface area contributed by atoms with Gasteiger partial charge in [0.2, 0.25) is 0 Å². The third-order valence-corrected chi connectivity index (χ3v) is 4.99. The van der Waals surface area contributed by atoms with E-state index in [1.54, 1.807) is 11.3 Å². The van der Waals surface area contributed by atoms with E-state index in [-0.39, 0.29) is 5.41 Å². The monoisotopic (exact) mass is 266 g/mol. The molecule has 1 aromatic heterocycles. The molecule has 0 atom stereocenters. The van der Waals surface area contributed by atoms with Crippen LogP contribution in [-0.4, -0.2) is 17.6 Å². The predicted molar refractivity (Wildman–Crippen MR) is 74.6 cm³/mol. The molecule has 4 heteroatoms. The van der Waals surface area contributed by atoms with Crippen LogP contribution < -0.4 is 0 Å². The summed E-state index contributed by atoms with van der Waals surface area (Å²) in [5, 5.41) is 9.44. The highest BCUT2D eigenvalue weighted by atomic mass is 32.1. The van der Waals surface area contributed by atoms with E-state index in [2.05, 4.69) is 13.8 Å². The smallest absolute Gasteiger partial charge is 0.337 e. The van der Waals surface area contributed by atoms with Crippen molar-refractivity contribution in [1.29, 1.82) is 0 Å². The first-order valence-corrected chi connectivity index (χ1v) is 7.27. The topological polar surface area (TPSA) is 61.1 Å². The number of thiophene rings is 1. The van der Waals surface area contributed by atoms with Gasteiger partial charge in [0.15, 0.2) is 0 Å². The first-order valence-electron chi connectivity index (χ1n) is 6.46. The number of aromatic carboxylic acids is 1. The highest BCUT2D eigenvalue weighted by Gasteiger charge is 2.32. The lowest BCUT2D eigenvalue weighted by atomic mass is 9.76. The summed E-state index contributed by atoms with van der Waals surface area (Å²) in [5.74, 6) is -0.787. The lowest BCUT2D eigenvalue weighted by Crippen LogP contribution is -2.22. The van der Waals surface area contributed by atoms with Gasteiger partial charge in [-0.15, -0.1) is 11.3 Å². The number of rotatable bonds is 4. The molecule has 2 N–H and O–H groups in total. The van der Waals surface area contributed by atoms with E-state index in [4.69, 9.17) is 5.73 Å². The number of aryl methyl sites for hydroxylation is 2. The summed E-state index contributed by atoms with van der Waals surface area (Å²) in [4.78, 5) is 13.7. The van der Waals surface area contributed by atoms with Crippen LogP contribution in [-0.2, 0) is 19.3 Å². The van der Waals surface area contributed by atoms with Crippen molar-refractivity contribution in [3.8, 4) is 0 Å². The van der Waals surface area contributed by atoms with Crippen molar-refractivity contribution >= 4 is 17.3 Å². The predicted octanol–water partition coefficient (Wildman–Crippen LogP) is 3.95. The number of hydrogen-bond acceptors (Lipinski definition) is 2. The zero-order chi connectivity index (χ0) is 13.3. The van der Waals surface area contributed by atoms with E-state index >= 15 is 0 Å². The average molecular weight is 266 g/mol. The molecule has 0 fully saturated rings. The standard InChI is InChI=1S/C14H20NO2S/c1-14(2)6-5-10-9(8-14)12(13(16)17)11(18-10)4-3-7-15/h15H,3-8H2,1-2H3,(H,16,17)/q-1. The van der Waals surface area contributed by atoms with Crippen LogP contribution in [0.3, 0.4) is 0 Å². The number of carboxylic acid groups (broad SMARTS) is 1. The largest absolute Gasteiger partial charge is 0.677 e. The third-order valence-electron chi connectivity index (χ3n) is 3.64. The van der Waals surface area contributed by atoms with Crippen molar-refractivity contribution in [2.24, 2.45) is 5.41 Å². The molecule has 0 bridgehead atoms. The van der Waals surface area contributed by atoms with Crippen LogP contribution in [0.25, 0.3) is 5.73 Å². The molecule has 0 unspecified atom stereocenters. The summed E-state index contributed by atoms with van der Waals surface area (Å²) in [5.41, 5.74) is 9.05. The molecule has 0 saturated heterocycles. The Morgan fingerprint density at radius 2 is 2.22 bits per heavy atom. The molecule has 0 aromatic carbocycles. The molecule has 1 heterocycles. The van der Waals surface area contributed by atoms with E-state index in [1.165, 1.54) is 4.88 Å². The molecule has 100 valence electrons. The van der Waals surface area contributed by atoms with Crippen molar-refractivity contribution in [1.82, 2.24) is 0 Å². The van der Waals surface area contributed by atoms with E-state index in [0.29, 0.717) is 12.1 Å². The molecule has 2 rings (SSSR count). The maximum atomic E-state index is 11.5. The van der Waals surface area contributed by atoms with Crippen molar-refractivity contribution < 1.29 is 9.90 Å². The molecule has 0 saturated carbocycles. The fraction of sp³-hybridized carbons (Fsp3) is 0.643. The summed E-state index contributed by atoms with van der Waals surface area (Å²) in [7, 11) is 0. The minimum Gasteiger partial charge on any atom is -0.677 e. The van der Waals surface area contributed by atoms with Gasteiger partial charge in [0.05, 0.1) is 5.56 Å². The van der Waals surface area contributed by atoms with Gasteiger partial charge >= 0.3 is 5.97 Å². The summed E-state index contributed by atoms with van der Waals surface area (Å²) in [6, 6.07) is 0. The van der Waals surface area contributed by atoms with Crippen molar-refractivity contribution in [3.63, 3.8) is 0 Å². The third kappa shape index (κ3) is 2.59. The molecule has 0 amide bonds. The summed E-state index contributed by atoms with van der Waals surface area (Å²) < 4.78 is 0. The Hall–Kier alpha value is -0.870. The van der Waals surface area contributed by atoms with Crippen LogP contribution in [0.15, 0.2) is 0 Å². The van der Waals surface area contributed by atoms with Crippen LogP contribution in [0.5, 0.6) is 0 Å². The fourth-order valence-electron chi connectivity index (χ4n) is 2.65. The second-order valence-corrected chi connectivity index (χ2v) is 6.99. The molecule has 0 spiro atoms. The molecule has 1 aliphatic rings. The Bertz CT molecular complexity index is 463. The summed E-state index contributed by atoms with van der Waals surface area (Å²) in [6.07, 6.45) is 4.51. The maximum absolute atomic E-state index is 11.5. The second-order valence-electron chi connectivity index (χ2n) is 5.80. The summed E-state index contributed by atoms with van der Waals surface area (Å²) in [6.45, 7) is 4.79. The number of nitrogens with one attached hydrogen (secondary N) is 1. The second kappa shape index (κ2) is 5.02. The Kier molecular flexibility index (Phi) is 3.78. The molecule has 18 heavy (non-hydrogen) atoms. The SMILES string of the molecule is CC1(C)CCc2sc(CCC[NH-])c(C(=O)O)c2C1. The van der Waals surface area contributed by atoms with Crippen molar-refractivity contribution in [2.45, 2.75) is 46.0 Å². The first kappa shape index (κ1) is 13.6. The van der Waals surface area contributed by atoms with Gasteiger partial charge in [-0.25, -0.2) is 4.79 Å². The van der Waals surface area contributed by atoms with Gasteiger partial charge in [-0.1, -0.05) is 20.3 Å². The Balaban J connectivity index is 2.39. The normalized spacial score (nSPS) is 17.5. The van der Waals surface area contributed by atoms with E-state index in [0.717, 1.165) is 42.5 Å². The van der Waals surface area contributed by atoms with Crippen LogP contribution in [0, 0.1) is 5.41 Å². The highest BCUT2D eigenvalue weighted by Crippen LogP contribution is 2.41. The molecule has 3 nitrogen and oxygen atoms in total. The minimum atomic E-state index is -0.787. The van der Waals surface area contributed by atoms with Gasteiger partial charge in [-0.2, -0.15) is 6.54 Å². The van der Waals surface area contributed by atoms with Crippen LogP contribution in [0.4, 0.5) is 0 Å². The summed E-state index contributed by atoms with van der Waals surface area (Å²) >= 11 is 1.67. The number of carbonyl (C=O) groups is 1. The number of hydrogen-bond donors (Lipinski definition) is 1. The first-order chi connectivity index (χ1) is 8.44. The molecule has 1 aromatic rings. The Labute approximate surface area is 112 Å². The van der Waals surface area contributed by atoms with E-state index in [9.17, 15) is 9.90 Å². The van der Waals surface area contributed by atoms with Gasteiger partial charge in [0, 0.05) is 9.75 Å². The van der Waals surface area contributed by atoms with Crippen LogP contribution in [0.1, 0.15) is 52.4 Å². The Morgan fingerprint density at radius 3 is 2.83 bits per heavy atom. The van der Waals surface area contributed by atoms with Crippen LogP contribution in [0.2, 0.25) is 0 Å². The number of fused-ring (bicyclic) bond motifs is 1. The lowest BCUT2D eigenvalue weighted by molar-refractivity contribution is 0.0694. The Morgan fingerprint density at radius 1 is 1.50 bits per heavy atom. The number of carboxylic acids is 1.